The van der Waals surface area contributed by atoms with Gasteiger partial charge in [0, 0.05) is 0 Å². The maximum absolute atomic E-state index is 11.9. The lowest BCUT2D eigenvalue weighted by Crippen LogP contribution is -2.20. The van der Waals surface area contributed by atoms with E-state index in [9.17, 15) is 8.42 Å². The van der Waals surface area contributed by atoms with E-state index in [2.05, 4.69) is 10.0 Å². The van der Waals surface area contributed by atoms with E-state index in [1.807, 2.05) is 13.0 Å². The van der Waals surface area contributed by atoms with Gasteiger partial charge in [0.05, 0.1) is 18.5 Å². The average Bonchev–Trinajstić information content (AvgIpc) is 2.82. The predicted molar refractivity (Wildman–Crippen MR) is 73.5 cm³/mol. The molecular formula is C13H16N2O3S. The van der Waals surface area contributed by atoms with Crippen molar-refractivity contribution in [2.75, 3.05) is 12.4 Å². The van der Waals surface area contributed by atoms with E-state index in [4.69, 9.17) is 4.42 Å². The van der Waals surface area contributed by atoms with Crippen LogP contribution >= 0.6 is 0 Å². The predicted octanol–water partition coefficient (Wildman–Crippen LogP) is 2.11. The van der Waals surface area contributed by atoms with Crippen LogP contribution in [0.3, 0.4) is 0 Å². The zero-order valence-corrected chi connectivity index (χ0v) is 11.6. The number of hydrogen-bond acceptors (Lipinski definition) is 4. The molecule has 0 aliphatic heterocycles. The first-order chi connectivity index (χ1) is 9.04. The van der Waals surface area contributed by atoms with Crippen molar-refractivity contribution in [1.82, 2.24) is 4.72 Å². The summed E-state index contributed by atoms with van der Waals surface area (Å²) in [5, 5.41) is 3.08. The molecule has 0 unspecified atom stereocenters. The van der Waals surface area contributed by atoms with Gasteiger partial charge in [-0.25, -0.2) is 13.1 Å². The van der Waals surface area contributed by atoms with Crippen molar-refractivity contribution in [3.05, 3.63) is 47.9 Å². The lowest BCUT2D eigenvalue weighted by atomic mass is 10.2. The number of anilines is 1. The molecule has 2 N–H and O–H groups in total. The summed E-state index contributed by atoms with van der Waals surface area (Å²) in [6.45, 7) is 2.38. The molecule has 0 aliphatic carbocycles. The maximum Gasteiger partial charge on any atom is 0.242 e. The van der Waals surface area contributed by atoms with Gasteiger partial charge in [0.15, 0.2) is 0 Å². The van der Waals surface area contributed by atoms with E-state index in [0.29, 0.717) is 12.2 Å². The molecule has 0 spiro atoms. The summed E-state index contributed by atoms with van der Waals surface area (Å²) < 4.78 is 31.4. The molecule has 0 saturated heterocycles. The molecule has 0 bridgehead atoms. The van der Waals surface area contributed by atoms with Crippen molar-refractivity contribution in [3.8, 4) is 0 Å². The van der Waals surface area contributed by atoms with Gasteiger partial charge >= 0.3 is 0 Å². The molecule has 5 nitrogen and oxygen atoms in total. The number of nitrogens with one attached hydrogen (secondary N) is 2. The lowest BCUT2D eigenvalue weighted by Gasteiger charge is -2.11. The van der Waals surface area contributed by atoms with Gasteiger partial charge in [-0.2, -0.15) is 0 Å². The summed E-state index contributed by atoms with van der Waals surface area (Å²) in [5.41, 5.74) is 1.58. The van der Waals surface area contributed by atoms with Crippen molar-refractivity contribution in [1.29, 1.82) is 0 Å². The molecule has 1 aromatic heterocycles. The van der Waals surface area contributed by atoms with Gasteiger partial charge in [-0.1, -0.05) is 12.1 Å². The van der Waals surface area contributed by atoms with Crippen molar-refractivity contribution >= 4 is 15.7 Å². The summed E-state index contributed by atoms with van der Waals surface area (Å²) in [5.74, 6) is 0.789. The largest absolute Gasteiger partial charge is 0.467 e. The van der Waals surface area contributed by atoms with E-state index >= 15 is 0 Å². The smallest absolute Gasteiger partial charge is 0.242 e. The first kappa shape index (κ1) is 13.6. The van der Waals surface area contributed by atoms with Crippen LogP contribution in [-0.2, 0) is 16.6 Å². The van der Waals surface area contributed by atoms with Crippen LogP contribution in [0.2, 0.25) is 0 Å². The third-order valence-corrected chi connectivity index (χ3v) is 4.33. The fourth-order valence-corrected chi connectivity index (χ4v) is 2.63. The normalized spacial score (nSPS) is 11.5. The number of furan rings is 1. The summed E-state index contributed by atoms with van der Waals surface area (Å²) in [6.07, 6.45) is 1.61. The topological polar surface area (TPSA) is 71.3 Å². The Balaban J connectivity index is 2.24. The van der Waals surface area contributed by atoms with E-state index < -0.39 is 10.0 Å². The van der Waals surface area contributed by atoms with E-state index in [1.54, 1.807) is 30.5 Å². The summed E-state index contributed by atoms with van der Waals surface area (Å²) in [6, 6.07) is 8.62. The van der Waals surface area contributed by atoms with Gasteiger partial charge < -0.3 is 9.73 Å². The van der Waals surface area contributed by atoms with Crippen LogP contribution < -0.4 is 10.0 Å². The first-order valence-corrected chi connectivity index (χ1v) is 7.32. The fourth-order valence-electron chi connectivity index (χ4n) is 1.72. The van der Waals surface area contributed by atoms with Gasteiger partial charge in [-0.3, -0.25) is 0 Å². The third kappa shape index (κ3) is 2.97. The molecule has 0 saturated carbocycles. The first-order valence-electron chi connectivity index (χ1n) is 5.84. The molecule has 0 amide bonds. The monoisotopic (exact) mass is 280 g/mol. The molecule has 2 rings (SSSR count). The van der Waals surface area contributed by atoms with E-state index in [0.717, 1.165) is 11.3 Å². The average molecular weight is 280 g/mol. The second-order valence-electron chi connectivity index (χ2n) is 4.08. The van der Waals surface area contributed by atoms with Crippen LogP contribution in [0.4, 0.5) is 5.69 Å². The minimum absolute atomic E-state index is 0.224. The van der Waals surface area contributed by atoms with Crippen LogP contribution in [0.5, 0.6) is 0 Å². The molecule has 19 heavy (non-hydrogen) atoms. The van der Waals surface area contributed by atoms with Crippen molar-refractivity contribution in [3.63, 3.8) is 0 Å². The highest BCUT2D eigenvalue weighted by Gasteiger charge is 2.16. The summed E-state index contributed by atoms with van der Waals surface area (Å²) in [4.78, 5) is 0.224. The molecule has 1 aromatic carbocycles. The molecule has 0 aliphatic rings. The van der Waals surface area contributed by atoms with Gasteiger partial charge in [-0.05, 0) is 37.7 Å². The van der Waals surface area contributed by atoms with Crippen molar-refractivity contribution in [2.45, 2.75) is 18.4 Å². The highest BCUT2D eigenvalue weighted by atomic mass is 32.2. The number of sulfonamides is 1. The van der Waals surface area contributed by atoms with E-state index in [1.165, 1.54) is 7.05 Å². The number of benzene rings is 1. The minimum Gasteiger partial charge on any atom is -0.467 e. The number of hydrogen-bond donors (Lipinski definition) is 2. The standard InChI is InChI=1S/C13H16N2O3S/c1-10-7-8-18-12(10)9-15-11-5-3-4-6-13(11)19(16,17)14-2/h3-8,14-15H,9H2,1-2H3. The second-order valence-corrected chi connectivity index (χ2v) is 5.94. The van der Waals surface area contributed by atoms with Crippen LogP contribution in [0.15, 0.2) is 45.9 Å². The Labute approximate surface area is 112 Å². The number of para-hydroxylation sites is 1. The van der Waals surface area contributed by atoms with Gasteiger partial charge in [0.1, 0.15) is 10.7 Å². The van der Waals surface area contributed by atoms with Crippen LogP contribution in [0, 0.1) is 6.92 Å². The molecular weight excluding hydrogens is 264 g/mol. The fraction of sp³-hybridized carbons (Fsp3) is 0.231. The van der Waals surface area contributed by atoms with Crippen molar-refractivity contribution in [2.24, 2.45) is 0 Å². The molecule has 2 aromatic rings. The van der Waals surface area contributed by atoms with Gasteiger partial charge in [-0.15, -0.1) is 0 Å². The molecule has 0 atom stereocenters. The number of aryl methyl sites for hydroxylation is 1. The molecule has 0 fully saturated rings. The molecule has 0 radical (unpaired) electrons. The second kappa shape index (κ2) is 5.46. The van der Waals surface area contributed by atoms with E-state index in [-0.39, 0.29) is 4.90 Å². The number of rotatable bonds is 5. The Hall–Kier alpha value is -1.79. The Bertz CT molecular complexity index is 662. The third-order valence-electron chi connectivity index (χ3n) is 2.85. The highest BCUT2D eigenvalue weighted by Crippen LogP contribution is 2.21. The molecule has 6 heteroatoms. The maximum atomic E-state index is 11.9. The molecule has 102 valence electrons. The highest BCUT2D eigenvalue weighted by molar-refractivity contribution is 7.89. The Morgan fingerprint density at radius 2 is 1.95 bits per heavy atom. The van der Waals surface area contributed by atoms with Crippen LogP contribution in [0.25, 0.3) is 0 Å². The quantitative estimate of drug-likeness (QED) is 0.880. The van der Waals surface area contributed by atoms with Gasteiger partial charge in [0.2, 0.25) is 10.0 Å². The summed E-state index contributed by atoms with van der Waals surface area (Å²) >= 11 is 0. The Morgan fingerprint density at radius 1 is 1.21 bits per heavy atom. The zero-order valence-electron chi connectivity index (χ0n) is 10.8. The van der Waals surface area contributed by atoms with Crippen molar-refractivity contribution < 1.29 is 12.8 Å². The Morgan fingerprint density at radius 3 is 2.58 bits per heavy atom. The van der Waals surface area contributed by atoms with Crippen LogP contribution in [0.1, 0.15) is 11.3 Å². The summed E-state index contributed by atoms with van der Waals surface area (Å²) in [7, 11) is -2.08. The minimum atomic E-state index is -3.47. The van der Waals surface area contributed by atoms with Gasteiger partial charge in [0.25, 0.3) is 0 Å². The van der Waals surface area contributed by atoms with Crippen LogP contribution in [-0.4, -0.2) is 15.5 Å². The SMILES string of the molecule is CNS(=O)(=O)c1ccccc1NCc1occc1C. The zero-order chi connectivity index (χ0) is 13.9. The Kier molecular flexibility index (Phi) is 3.92. The molecule has 1 heterocycles. The lowest BCUT2D eigenvalue weighted by molar-refractivity contribution is 0.515.